The maximum absolute atomic E-state index is 13.1. The van der Waals surface area contributed by atoms with E-state index in [0.717, 1.165) is 57.2 Å². The van der Waals surface area contributed by atoms with Crippen LogP contribution in [-0.2, 0) is 9.59 Å². The first-order valence-corrected chi connectivity index (χ1v) is 14.6. The number of para-hydroxylation sites is 1. The van der Waals surface area contributed by atoms with Crippen LogP contribution in [0.15, 0.2) is 69.9 Å². The number of carbonyl (C=O) groups is 2. The average molecular weight is 552 g/mol. The molecule has 5 aromatic rings. The molecule has 1 aliphatic carbocycles. The van der Waals surface area contributed by atoms with Gasteiger partial charge in [0, 0.05) is 63.1 Å². The van der Waals surface area contributed by atoms with E-state index in [1.807, 2.05) is 42.5 Å². The second kappa shape index (κ2) is 9.48. The van der Waals surface area contributed by atoms with Crippen molar-refractivity contribution in [2.45, 2.75) is 44.6 Å². The third-order valence-corrected chi connectivity index (χ3v) is 9.27. The highest BCUT2D eigenvalue weighted by atomic mass is 32.1. The minimum Gasteiger partial charge on any atom is -0.440 e. The van der Waals surface area contributed by atoms with Gasteiger partial charge in [-0.25, -0.2) is 0 Å². The summed E-state index contributed by atoms with van der Waals surface area (Å²) >= 11 is 1.68. The number of rotatable bonds is 5. The van der Waals surface area contributed by atoms with Crippen LogP contribution in [0.25, 0.3) is 42.3 Å². The Labute approximate surface area is 234 Å². The van der Waals surface area contributed by atoms with Crippen LogP contribution in [0, 0.1) is 0 Å². The van der Waals surface area contributed by atoms with Crippen LogP contribution in [-0.4, -0.2) is 30.4 Å². The first-order valence-electron chi connectivity index (χ1n) is 13.8. The van der Waals surface area contributed by atoms with Crippen molar-refractivity contribution in [2.24, 2.45) is 0 Å². The Hall–Kier alpha value is -4.17. The second-order valence-corrected chi connectivity index (χ2v) is 11.9. The summed E-state index contributed by atoms with van der Waals surface area (Å²) in [5, 5.41) is 8.50. The lowest BCUT2D eigenvalue weighted by molar-refractivity contribution is -0.126. The molecule has 1 saturated carbocycles. The van der Waals surface area contributed by atoms with E-state index in [4.69, 9.17) is 4.42 Å². The fourth-order valence-electron chi connectivity index (χ4n) is 5.86. The topological polar surface area (TPSA) is 91.7 Å². The highest BCUT2D eigenvalue weighted by Gasteiger charge is 2.50. The SMILES string of the molecule is CC(=O)NC1(C(=O)Nc2ccc3sc4c(-c5cccc6c(=O)cc(N7CCCCC7)oc56)cccc4c3c2)CC1. The number of hydrogen-bond acceptors (Lipinski definition) is 6. The molecule has 2 aromatic heterocycles. The Morgan fingerprint density at radius 2 is 1.65 bits per heavy atom. The van der Waals surface area contributed by atoms with Gasteiger partial charge in [0.05, 0.1) is 5.39 Å². The lowest BCUT2D eigenvalue weighted by Gasteiger charge is -2.27. The maximum Gasteiger partial charge on any atom is 0.250 e. The number of fused-ring (bicyclic) bond motifs is 4. The van der Waals surface area contributed by atoms with Crippen molar-refractivity contribution < 1.29 is 14.0 Å². The zero-order valence-electron chi connectivity index (χ0n) is 22.2. The highest BCUT2D eigenvalue weighted by Crippen LogP contribution is 2.43. The van der Waals surface area contributed by atoms with E-state index in [0.29, 0.717) is 35.4 Å². The van der Waals surface area contributed by atoms with Crippen molar-refractivity contribution in [3.63, 3.8) is 0 Å². The predicted molar refractivity (Wildman–Crippen MR) is 161 cm³/mol. The Balaban J connectivity index is 1.31. The minimum absolute atomic E-state index is 0.0275. The van der Waals surface area contributed by atoms with Crippen LogP contribution in [0.5, 0.6) is 0 Å². The summed E-state index contributed by atoms with van der Waals surface area (Å²) in [6.45, 7) is 3.23. The lowest BCUT2D eigenvalue weighted by atomic mass is 10.0. The van der Waals surface area contributed by atoms with Crippen LogP contribution < -0.4 is 21.0 Å². The largest absolute Gasteiger partial charge is 0.440 e. The Bertz CT molecular complexity index is 1880. The molecule has 8 heteroatoms. The number of anilines is 2. The molecule has 202 valence electrons. The lowest BCUT2D eigenvalue weighted by Crippen LogP contribution is -2.45. The summed E-state index contributed by atoms with van der Waals surface area (Å²) in [7, 11) is 0. The Morgan fingerprint density at radius 3 is 2.40 bits per heavy atom. The molecule has 3 heterocycles. The maximum atomic E-state index is 13.1. The van der Waals surface area contributed by atoms with Crippen molar-refractivity contribution in [1.82, 2.24) is 5.32 Å². The molecule has 0 spiro atoms. The number of hydrogen-bond donors (Lipinski definition) is 2. The second-order valence-electron chi connectivity index (χ2n) is 10.9. The summed E-state index contributed by atoms with van der Waals surface area (Å²) in [4.78, 5) is 39.8. The van der Waals surface area contributed by atoms with Gasteiger partial charge in [-0.15, -0.1) is 11.3 Å². The van der Waals surface area contributed by atoms with Gasteiger partial charge in [-0.1, -0.05) is 30.3 Å². The van der Waals surface area contributed by atoms with Gasteiger partial charge in [0.1, 0.15) is 11.1 Å². The Kier molecular flexibility index (Phi) is 5.89. The molecule has 1 saturated heterocycles. The molecule has 2 amide bonds. The number of piperidine rings is 1. The molecular weight excluding hydrogens is 522 g/mol. The zero-order valence-corrected chi connectivity index (χ0v) is 23.0. The summed E-state index contributed by atoms with van der Waals surface area (Å²) in [6.07, 6.45) is 4.69. The normalized spacial score (nSPS) is 16.4. The first-order chi connectivity index (χ1) is 19.4. The minimum atomic E-state index is -0.796. The third-order valence-electron chi connectivity index (χ3n) is 8.05. The number of carbonyl (C=O) groups excluding carboxylic acids is 2. The van der Waals surface area contributed by atoms with Gasteiger partial charge < -0.3 is 20.0 Å². The zero-order chi connectivity index (χ0) is 27.4. The van der Waals surface area contributed by atoms with Gasteiger partial charge in [-0.2, -0.15) is 0 Å². The van der Waals surface area contributed by atoms with Crippen LogP contribution in [0.2, 0.25) is 0 Å². The number of amides is 2. The van der Waals surface area contributed by atoms with Crippen molar-refractivity contribution in [3.8, 4) is 11.1 Å². The van der Waals surface area contributed by atoms with E-state index >= 15 is 0 Å². The quantitative estimate of drug-likeness (QED) is 0.263. The predicted octanol–water partition coefficient (Wildman–Crippen LogP) is 6.43. The molecule has 2 N–H and O–H groups in total. The molecule has 7 rings (SSSR count). The van der Waals surface area contributed by atoms with Gasteiger partial charge in [-0.3, -0.25) is 14.4 Å². The summed E-state index contributed by atoms with van der Waals surface area (Å²) in [5.41, 5.74) is 2.39. The van der Waals surface area contributed by atoms with E-state index < -0.39 is 5.54 Å². The van der Waals surface area contributed by atoms with Gasteiger partial charge in [0.2, 0.25) is 11.8 Å². The monoisotopic (exact) mass is 551 g/mol. The third kappa shape index (κ3) is 4.23. The van der Waals surface area contributed by atoms with Crippen molar-refractivity contribution >= 4 is 65.9 Å². The van der Waals surface area contributed by atoms with Gasteiger partial charge in [-0.05, 0) is 56.4 Å². The average Bonchev–Trinajstić information content (AvgIpc) is 3.64. The summed E-state index contributed by atoms with van der Waals surface area (Å²) in [6, 6.07) is 19.5. The fourth-order valence-corrected chi connectivity index (χ4v) is 7.07. The molecule has 40 heavy (non-hydrogen) atoms. The molecule has 2 aliphatic rings. The highest BCUT2D eigenvalue weighted by molar-refractivity contribution is 7.26. The van der Waals surface area contributed by atoms with E-state index in [2.05, 4.69) is 27.7 Å². The molecule has 0 unspecified atom stereocenters. The molecular formula is C32H29N3O4S. The van der Waals surface area contributed by atoms with E-state index in [1.165, 1.54) is 13.3 Å². The van der Waals surface area contributed by atoms with Gasteiger partial charge in [0.25, 0.3) is 0 Å². The van der Waals surface area contributed by atoms with Crippen LogP contribution >= 0.6 is 11.3 Å². The number of benzene rings is 3. The molecule has 2 fully saturated rings. The van der Waals surface area contributed by atoms with Crippen LogP contribution in [0.4, 0.5) is 11.6 Å². The molecule has 1 aliphatic heterocycles. The summed E-state index contributed by atoms with van der Waals surface area (Å²) in [5.74, 6) is 0.255. The molecule has 3 aromatic carbocycles. The van der Waals surface area contributed by atoms with Gasteiger partial charge in [0.15, 0.2) is 11.3 Å². The van der Waals surface area contributed by atoms with Crippen LogP contribution in [0.1, 0.15) is 39.0 Å². The van der Waals surface area contributed by atoms with Gasteiger partial charge >= 0.3 is 0 Å². The standard InChI is InChI=1S/C32H29N3O4S/c1-19(36)34-32(13-14-32)31(38)33-20-11-12-27-25(17-20)23-9-6-8-22(30(23)40-27)21-7-5-10-24-26(37)18-28(39-29(21)24)35-15-3-2-4-16-35/h5-12,17-18H,2-4,13-16H2,1H3,(H,33,38)(H,34,36). The number of nitrogens with one attached hydrogen (secondary N) is 2. The van der Waals surface area contributed by atoms with Crippen molar-refractivity contribution in [2.75, 3.05) is 23.3 Å². The number of thiophene rings is 1. The molecule has 0 atom stereocenters. The van der Waals surface area contributed by atoms with E-state index in [9.17, 15) is 14.4 Å². The van der Waals surface area contributed by atoms with Crippen molar-refractivity contribution in [3.05, 3.63) is 70.9 Å². The van der Waals surface area contributed by atoms with Crippen LogP contribution in [0.3, 0.4) is 0 Å². The Morgan fingerprint density at radius 1 is 0.900 bits per heavy atom. The number of nitrogens with zero attached hydrogens (tertiary/aromatic N) is 1. The summed E-state index contributed by atoms with van der Waals surface area (Å²) < 4.78 is 8.66. The first kappa shape index (κ1) is 24.8. The fraction of sp³-hybridized carbons (Fsp3) is 0.281. The smallest absolute Gasteiger partial charge is 0.250 e. The molecule has 7 nitrogen and oxygen atoms in total. The van der Waals surface area contributed by atoms with E-state index in [1.54, 1.807) is 17.4 Å². The van der Waals surface area contributed by atoms with E-state index in [-0.39, 0.29) is 17.2 Å². The van der Waals surface area contributed by atoms with Crippen molar-refractivity contribution in [1.29, 1.82) is 0 Å². The molecule has 0 radical (unpaired) electrons. The molecule has 0 bridgehead atoms.